The van der Waals surface area contributed by atoms with Gasteiger partial charge in [-0.05, 0) is 17.4 Å². The first kappa shape index (κ1) is 12.3. The third kappa shape index (κ3) is 2.23. The van der Waals surface area contributed by atoms with Crippen LogP contribution >= 0.6 is 0 Å². The first-order chi connectivity index (χ1) is 9.75. The van der Waals surface area contributed by atoms with Crippen LogP contribution in [0.3, 0.4) is 0 Å². The zero-order valence-electron chi connectivity index (χ0n) is 11.3. The smallest absolute Gasteiger partial charge is 0.231 e. The highest BCUT2D eigenvalue weighted by Crippen LogP contribution is 2.23. The number of nitrogens with zero attached hydrogens (tertiary/aromatic N) is 6. The minimum Gasteiger partial charge on any atom is -0.319 e. The summed E-state index contributed by atoms with van der Waals surface area (Å²) >= 11 is 0. The van der Waals surface area contributed by atoms with Crippen molar-refractivity contribution in [2.75, 3.05) is 0 Å². The number of benzene rings is 1. The summed E-state index contributed by atoms with van der Waals surface area (Å²) in [5.74, 6) is 0. The maximum Gasteiger partial charge on any atom is 0.231 e. The summed E-state index contributed by atoms with van der Waals surface area (Å²) in [6.45, 7) is 0. The van der Waals surface area contributed by atoms with E-state index < -0.39 is 0 Å². The highest BCUT2D eigenvalue weighted by Gasteiger charge is 1.99. The van der Waals surface area contributed by atoms with E-state index in [1.807, 2.05) is 66.0 Å². The topological polar surface area (TPSA) is 59.8 Å². The van der Waals surface area contributed by atoms with E-state index in [1.165, 1.54) is 0 Å². The molecule has 0 amide bonds. The molecule has 6 heteroatoms. The quantitative estimate of drug-likeness (QED) is 0.519. The Labute approximate surface area is 115 Å². The number of para-hydroxylation sites is 1. The monoisotopic (exact) mass is 266 g/mol. The Kier molecular flexibility index (Phi) is 3.12. The maximum absolute atomic E-state index is 4.33. The van der Waals surface area contributed by atoms with Crippen LogP contribution in [0, 0.1) is 0 Å². The van der Waals surface area contributed by atoms with Crippen molar-refractivity contribution in [2.24, 2.45) is 29.5 Å². The summed E-state index contributed by atoms with van der Waals surface area (Å²) in [6, 6.07) is 9.70. The van der Waals surface area contributed by atoms with E-state index in [1.54, 1.807) is 6.20 Å². The van der Waals surface area contributed by atoms with Crippen LogP contribution in [0.5, 0.6) is 0 Å². The first-order valence-corrected chi connectivity index (χ1v) is 6.22. The van der Waals surface area contributed by atoms with Gasteiger partial charge in [-0.3, -0.25) is 4.98 Å². The molecule has 0 fully saturated rings. The number of pyridine rings is 1. The van der Waals surface area contributed by atoms with E-state index in [2.05, 4.69) is 20.4 Å². The summed E-state index contributed by atoms with van der Waals surface area (Å²) in [5, 5.41) is 13.2. The van der Waals surface area contributed by atoms with E-state index in [-0.39, 0.29) is 0 Å². The Morgan fingerprint density at radius 3 is 2.55 bits per heavy atom. The predicted molar refractivity (Wildman–Crippen MR) is 76.2 cm³/mol. The average molecular weight is 266 g/mol. The van der Waals surface area contributed by atoms with E-state index >= 15 is 0 Å². The predicted octanol–water partition coefficient (Wildman–Crippen LogP) is 2.51. The molecule has 0 saturated heterocycles. The van der Waals surface area contributed by atoms with Crippen LogP contribution in [0.4, 0.5) is 5.69 Å². The summed E-state index contributed by atoms with van der Waals surface area (Å²) in [6.07, 6.45) is 5.57. The molecule has 0 aliphatic rings. The molecule has 0 N–H and O–H groups in total. The number of imidazole rings is 1. The largest absolute Gasteiger partial charge is 0.319 e. The lowest BCUT2D eigenvalue weighted by molar-refractivity contribution is 0.718. The molecular weight excluding hydrogens is 252 g/mol. The number of aromatic nitrogens is 3. The van der Waals surface area contributed by atoms with Gasteiger partial charge in [0.25, 0.3) is 0 Å². The third-order valence-corrected chi connectivity index (χ3v) is 3.04. The van der Waals surface area contributed by atoms with E-state index in [4.69, 9.17) is 0 Å². The highest BCUT2D eigenvalue weighted by atomic mass is 15.4. The van der Waals surface area contributed by atoms with Crippen LogP contribution in [0.1, 0.15) is 0 Å². The molecular formula is C14H14N6. The molecule has 0 unspecified atom stereocenters. The Hall–Kier alpha value is -2.76. The van der Waals surface area contributed by atoms with Crippen molar-refractivity contribution >= 4 is 16.6 Å². The molecule has 0 bridgehead atoms. The summed E-state index contributed by atoms with van der Waals surface area (Å²) in [7, 11) is 3.82. The van der Waals surface area contributed by atoms with Crippen molar-refractivity contribution in [3.05, 3.63) is 54.5 Å². The van der Waals surface area contributed by atoms with Gasteiger partial charge in [-0.25, -0.2) is 0 Å². The van der Waals surface area contributed by atoms with Gasteiger partial charge in [0.1, 0.15) is 5.69 Å². The fourth-order valence-corrected chi connectivity index (χ4v) is 2.00. The second-order valence-corrected chi connectivity index (χ2v) is 4.46. The van der Waals surface area contributed by atoms with Crippen molar-refractivity contribution in [1.29, 1.82) is 0 Å². The van der Waals surface area contributed by atoms with Gasteiger partial charge in [-0.1, -0.05) is 23.3 Å². The molecule has 2 heterocycles. The van der Waals surface area contributed by atoms with Crippen molar-refractivity contribution in [3.63, 3.8) is 0 Å². The summed E-state index contributed by atoms with van der Waals surface area (Å²) in [4.78, 5) is 4.33. The molecule has 1 aromatic carbocycles. The average Bonchev–Trinajstić information content (AvgIpc) is 2.79. The molecule has 0 spiro atoms. The molecule has 0 radical (unpaired) electrons. The van der Waals surface area contributed by atoms with Crippen LogP contribution in [-0.4, -0.2) is 14.1 Å². The molecule has 0 atom stereocenters. The van der Waals surface area contributed by atoms with Gasteiger partial charge in [-0.2, -0.15) is 0 Å². The molecule has 3 aromatic rings. The van der Waals surface area contributed by atoms with Crippen LogP contribution in [-0.2, 0) is 14.1 Å². The number of aryl methyl sites for hydroxylation is 2. The molecule has 0 saturated carbocycles. The standard InChI is InChI=1S/C14H14N6/c1-19-9-10-20(2)14(19)17-18-16-12-7-3-5-11-6-4-8-15-13(11)12/h3-10H,1-2H3. The number of rotatable bonds is 2. The number of fused-ring (bicyclic) bond motifs is 1. The van der Waals surface area contributed by atoms with Gasteiger partial charge < -0.3 is 9.13 Å². The first-order valence-electron chi connectivity index (χ1n) is 6.22. The molecule has 2 aromatic heterocycles. The SMILES string of the molecule is Cn1ccn(C)c1=NN=Nc1cccc2cccnc12. The molecule has 20 heavy (non-hydrogen) atoms. The van der Waals surface area contributed by atoms with Crippen molar-refractivity contribution < 1.29 is 0 Å². The van der Waals surface area contributed by atoms with Crippen molar-refractivity contribution in [1.82, 2.24) is 14.1 Å². The fraction of sp³-hybridized carbons (Fsp3) is 0.143. The van der Waals surface area contributed by atoms with Gasteiger partial charge in [0.15, 0.2) is 0 Å². The lowest BCUT2D eigenvalue weighted by Crippen LogP contribution is -2.20. The Bertz CT molecular complexity index is 812. The van der Waals surface area contributed by atoms with E-state index in [0.717, 1.165) is 16.5 Å². The zero-order valence-corrected chi connectivity index (χ0v) is 11.3. The van der Waals surface area contributed by atoms with Crippen LogP contribution < -0.4 is 5.62 Å². The molecule has 3 rings (SSSR count). The van der Waals surface area contributed by atoms with Crippen LogP contribution in [0.15, 0.2) is 64.4 Å². The Morgan fingerprint density at radius 2 is 1.75 bits per heavy atom. The number of hydrogen-bond acceptors (Lipinski definition) is 3. The lowest BCUT2D eigenvalue weighted by atomic mass is 10.2. The third-order valence-electron chi connectivity index (χ3n) is 3.04. The Balaban J connectivity index is 2.02. The summed E-state index contributed by atoms with van der Waals surface area (Å²) < 4.78 is 3.75. The minimum absolute atomic E-state index is 0.712. The van der Waals surface area contributed by atoms with Crippen LogP contribution in [0.2, 0.25) is 0 Å². The lowest BCUT2D eigenvalue weighted by Gasteiger charge is -1.98. The second-order valence-electron chi connectivity index (χ2n) is 4.46. The van der Waals surface area contributed by atoms with E-state index in [0.29, 0.717) is 5.69 Å². The van der Waals surface area contributed by atoms with Crippen molar-refractivity contribution in [3.8, 4) is 0 Å². The molecule has 6 nitrogen and oxygen atoms in total. The summed E-state index contributed by atoms with van der Waals surface area (Å²) in [5.41, 5.74) is 2.26. The molecule has 0 aliphatic carbocycles. The van der Waals surface area contributed by atoms with Crippen molar-refractivity contribution in [2.45, 2.75) is 0 Å². The normalized spacial score (nSPS) is 11.3. The minimum atomic E-state index is 0.712. The Morgan fingerprint density at radius 1 is 1.00 bits per heavy atom. The van der Waals surface area contributed by atoms with Crippen LogP contribution in [0.25, 0.3) is 10.9 Å². The van der Waals surface area contributed by atoms with Gasteiger partial charge in [0.2, 0.25) is 5.62 Å². The van der Waals surface area contributed by atoms with Gasteiger partial charge in [-0.15, -0.1) is 5.11 Å². The fourth-order valence-electron chi connectivity index (χ4n) is 2.00. The molecule has 0 aliphatic heterocycles. The van der Waals surface area contributed by atoms with E-state index in [9.17, 15) is 0 Å². The second kappa shape index (κ2) is 5.08. The van der Waals surface area contributed by atoms with Gasteiger partial charge >= 0.3 is 0 Å². The van der Waals surface area contributed by atoms with Gasteiger partial charge in [0, 0.05) is 38.1 Å². The zero-order chi connectivity index (χ0) is 13.9. The maximum atomic E-state index is 4.33. The highest BCUT2D eigenvalue weighted by molar-refractivity contribution is 5.88. The molecule has 100 valence electrons. The van der Waals surface area contributed by atoms with Gasteiger partial charge in [0.05, 0.1) is 5.52 Å². The number of hydrogen-bond donors (Lipinski definition) is 0.